The maximum absolute atomic E-state index is 4.78. The first-order chi connectivity index (χ1) is 15.8. The number of nitrogens with zero attached hydrogens (tertiary/aromatic N) is 2. The van der Waals surface area contributed by atoms with Crippen LogP contribution in [0, 0.1) is 0 Å². The Bertz CT molecular complexity index is 1590. The van der Waals surface area contributed by atoms with E-state index in [1.807, 2.05) is 0 Å². The topological polar surface area (TPSA) is 6.02 Å². The second kappa shape index (κ2) is 4.94. The number of allylic oxidation sites excluding steroid dienone is 3. The van der Waals surface area contributed by atoms with Crippen LogP contribution in [0.4, 0.5) is 0 Å². The lowest BCUT2D eigenvalue weighted by molar-refractivity contribution is -0.781. The zero-order valence-electron chi connectivity index (χ0n) is 17.8. The fourth-order valence-electron chi connectivity index (χ4n) is 7.74. The number of hydrogen-bond donors (Lipinski definition) is 0. The minimum absolute atomic E-state index is 0.215. The quantitative estimate of drug-likeness (QED) is 0.377. The Kier molecular flexibility index (Phi) is 2.49. The van der Waals surface area contributed by atoms with E-state index in [2.05, 4.69) is 76.0 Å². The summed E-state index contributed by atoms with van der Waals surface area (Å²) in [7, 11) is 0. The molecule has 4 heterocycles. The maximum atomic E-state index is 4.78. The molecule has 0 saturated heterocycles. The third-order valence-corrected chi connectivity index (χ3v) is 8.74. The van der Waals surface area contributed by atoms with Gasteiger partial charge in [0.2, 0.25) is 0 Å². The van der Waals surface area contributed by atoms with Crippen LogP contribution < -0.4 is 0 Å². The molecule has 32 heavy (non-hydrogen) atoms. The third kappa shape index (κ3) is 1.49. The molecule has 6 aliphatic rings. The molecule has 0 aromatic heterocycles. The van der Waals surface area contributed by atoms with Gasteiger partial charge in [-0.3, -0.25) is 4.58 Å². The first kappa shape index (κ1) is 16.2. The van der Waals surface area contributed by atoms with E-state index in [-0.39, 0.29) is 11.6 Å². The summed E-state index contributed by atoms with van der Waals surface area (Å²) in [5.41, 5.74) is 16.9. The van der Waals surface area contributed by atoms with Gasteiger partial charge in [0, 0.05) is 18.0 Å². The first-order valence-corrected chi connectivity index (χ1v) is 11.7. The molecule has 2 aliphatic carbocycles. The van der Waals surface area contributed by atoms with Gasteiger partial charge in [0.05, 0.1) is 6.42 Å². The predicted octanol–water partition coefficient (Wildman–Crippen LogP) is 4.63. The summed E-state index contributed by atoms with van der Waals surface area (Å²) in [5.74, 6) is 0.215. The Morgan fingerprint density at radius 1 is 0.812 bits per heavy atom. The van der Waals surface area contributed by atoms with Crippen LogP contribution >= 0.6 is 0 Å². The average molecular weight is 410 g/mol. The van der Waals surface area contributed by atoms with Crippen LogP contribution in [0.5, 0.6) is 0 Å². The molecule has 0 N–H and O–H groups in total. The molecule has 9 rings (SSSR count). The summed E-state index contributed by atoms with van der Waals surface area (Å²) in [6, 6.07) is 20.8. The van der Waals surface area contributed by atoms with Crippen molar-refractivity contribution >= 4 is 11.9 Å². The second-order valence-corrected chi connectivity index (χ2v) is 10.1. The number of benzene rings is 3. The maximum Gasteiger partial charge on any atom is 0.385 e. The van der Waals surface area contributed by atoms with Crippen molar-refractivity contribution in [3.8, 4) is 0 Å². The largest absolute Gasteiger partial charge is 0.385 e. The van der Waals surface area contributed by atoms with Crippen LogP contribution in [-0.2, 0) is 24.9 Å². The fourth-order valence-corrected chi connectivity index (χ4v) is 7.74. The van der Waals surface area contributed by atoms with E-state index in [0.717, 1.165) is 25.7 Å². The summed E-state index contributed by atoms with van der Waals surface area (Å²) in [4.78, 5) is 0. The van der Waals surface area contributed by atoms with E-state index >= 15 is 0 Å². The van der Waals surface area contributed by atoms with Crippen molar-refractivity contribution < 1.29 is 9.15 Å². The first-order valence-electron chi connectivity index (χ1n) is 11.7. The molecular weight excluding hydrogens is 388 g/mol. The lowest BCUT2D eigenvalue weighted by Crippen LogP contribution is -2.56. The number of rotatable bonds is 0. The SMILES string of the molecule is C=C1C2c3ccccc3Cc3ccc4c(c32)C23c5c(cccc5C4)CC4=CCC(=[N+]42)[C-]=[N+]13. The number of hydrogen-bond acceptors (Lipinski definition) is 0. The van der Waals surface area contributed by atoms with Gasteiger partial charge in [-0.2, -0.15) is 0 Å². The molecule has 0 amide bonds. The lowest BCUT2D eigenvalue weighted by Gasteiger charge is -2.48. The molecule has 0 bridgehead atoms. The van der Waals surface area contributed by atoms with Gasteiger partial charge in [0.25, 0.3) is 0 Å². The highest BCUT2D eigenvalue weighted by molar-refractivity contribution is 6.28. The van der Waals surface area contributed by atoms with Crippen LogP contribution in [0.3, 0.4) is 0 Å². The minimum Gasteiger partial charge on any atom is -0.287 e. The molecule has 2 nitrogen and oxygen atoms in total. The molecule has 150 valence electrons. The van der Waals surface area contributed by atoms with Crippen LogP contribution in [-0.4, -0.2) is 21.1 Å². The zero-order chi connectivity index (χ0) is 20.8. The normalized spacial score (nSPS) is 26.4. The van der Waals surface area contributed by atoms with Crippen molar-refractivity contribution in [2.24, 2.45) is 0 Å². The monoisotopic (exact) mass is 409 g/mol. The van der Waals surface area contributed by atoms with Gasteiger partial charge in [-0.25, -0.2) is 0 Å². The molecule has 2 unspecified atom stereocenters. The van der Waals surface area contributed by atoms with Gasteiger partial charge < -0.3 is 0 Å². The molecule has 0 fully saturated rings. The highest BCUT2D eigenvalue weighted by Crippen LogP contribution is 2.60. The Morgan fingerprint density at radius 2 is 1.56 bits per heavy atom. The summed E-state index contributed by atoms with van der Waals surface area (Å²) in [6.45, 7) is 4.78. The number of fused-ring (bicyclic) bond motifs is 2. The summed E-state index contributed by atoms with van der Waals surface area (Å²) >= 11 is 0. The molecule has 3 aromatic carbocycles. The molecule has 1 spiro atoms. The molecule has 2 atom stereocenters. The predicted molar refractivity (Wildman–Crippen MR) is 124 cm³/mol. The zero-order valence-corrected chi connectivity index (χ0v) is 17.8. The highest BCUT2D eigenvalue weighted by Gasteiger charge is 2.69. The lowest BCUT2D eigenvalue weighted by atomic mass is 9.63. The van der Waals surface area contributed by atoms with Gasteiger partial charge >= 0.3 is 5.66 Å². The van der Waals surface area contributed by atoms with E-state index in [1.165, 1.54) is 67.2 Å². The van der Waals surface area contributed by atoms with E-state index in [9.17, 15) is 0 Å². The molecule has 0 radical (unpaired) electrons. The van der Waals surface area contributed by atoms with Crippen LogP contribution in [0.25, 0.3) is 0 Å². The van der Waals surface area contributed by atoms with E-state index in [1.54, 1.807) is 0 Å². The van der Waals surface area contributed by atoms with E-state index in [0.29, 0.717) is 0 Å². The Hall–Kier alpha value is -3.52. The molecule has 0 saturated carbocycles. The Balaban J connectivity index is 1.51. The Morgan fingerprint density at radius 3 is 2.50 bits per heavy atom. The standard InChI is InChI=1S/C30H21N2/c1-17-26-25-8-3-2-5-18(25)13-19-9-10-22-14-20-6-4-7-21-15-23-11-12-24-16-31(17)30(28(20)21,32(23)24)29(22)27(19)26/h2-11,26H,1,12-15H2/q+1. The van der Waals surface area contributed by atoms with Crippen molar-refractivity contribution in [1.82, 2.24) is 0 Å². The van der Waals surface area contributed by atoms with Gasteiger partial charge in [0.1, 0.15) is 17.3 Å². The van der Waals surface area contributed by atoms with E-state index < -0.39 is 0 Å². The van der Waals surface area contributed by atoms with Crippen LogP contribution in [0.2, 0.25) is 0 Å². The fraction of sp³-hybridized carbons (Fsp3) is 0.200. The van der Waals surface area contributed by atoms with Gasteiger partial charge in [-0.1, -0.05) is 54.6 Å². The van der Waals surface area contributed by atoms with Crippen molar-refractivity contribution in [1.29, 1.82) is 0 Å². The van der Waals surface area contributed by atoms with Crippen LogP contribution in [0.1, 0.15) is 62.4 Å². The van der Waals surface area contributed by atoms with E-state index in [4.69, 9.17) is 6.58 Å². The molecular formula is C30H21N2+. The van der Waals surface area contributed by atoms with Gasteiger partial charge in [-0.15, -0.1) is 11.2 Å². The third-order valence-electron chi connectivity index (χ3n) is 8.74. The van der Waals surface area contributed by atoms with Gasteiger partial charge in [-0.05, 0) is 57.9 Å². The van der Waals surface area contributed by atoms with Crippen molar-refractivity contribution in [3.63, 3.8) is 0 Å². The van der Waals surface area contributed by atoms with Gasteiger partial charge in [0.15, 0.2) is 11.4 Å². The van der Waals surface area contributed by atoms with Crippen molar-refractivity contribution in [2.75, 3.05) is 0 Å². The molecule has 3 aromatic rings. The van der Waals surface area contributed by atoms with Crippen molar-refractivity contribution in [2.45, 2.75) is 37.3 Å². The smallest absolute Gasteiger partial charge is 0.287 e. The summed E-state index contributed by atoms with van der Waals surface area (Å²) in [6.07, 6.45) is 10.3. The second-order valence-electron chi connectivity index (χ2n) is 10.1. The Labute approximate surface area is 187 Å². The molecule has 2 heteroatoms. The van der Waals surface area contributed by atoms with Crippen molar-refractivity contribution in [3.05, 3.63) is 129 Å². The van der Waals surface area contributed by atoms with Crippen LogP contribution in [0.15, 0.2) is 78.6 Å². The summed E-state index contributed by atoms with van der Waals surface area (Å²) < 4.78 is 5.09. The minimum atomic E-state index is -0.333. The summed E-state index contributed by atoms with van der Waals surface area (Å²) in [5, 5.41) is 0. The molecule has 4 aliphatic heterocycles. The average Bonchev–Trinajstić information content (AvgIpc) is 3.38. The highest BCUT2D eigenvalue weighted by atomic mass is 15.4.